The molecular weight excluding hydrogens is 823 g/mol. The standard InChI is InChI=1S/C60H45N5O2/c1-39(63-49-18-6-4-16-46(49)47-17-5-7-19-50(47)63)36-48(41(3)64-51-20-8-12-24-55(51)66-56-25-13-9-21-52(56)64)59(45-34-30-43(38-62)31-35-45)60(40(2)44-32-28-42(37-61)29-33-44)65-53-22-10-14-26-57(53)67-58-27-15-11-23-54(58)65/h4-35,39,41,48H,2,36H2,1,3H3/b60-59+. The Morgan fingerprint density at radius 2 is 0.910 bits per heavy atom. The maximum atomic E-state index is 10.2. The van der Waals surface area contributed by atoms with Gasteiger partial charge in [0.25, 0.3) is 0 Å². The molecule has 2 aliphatic heterocycles. The summed E-state index contributed by atoms with van der Waals surface area (Å²) >= 11 is 0. The number of fused-ring (bicyclic) bond motifs is 7. The zero-order chi connectivity index (χ0) is 45.6. The Labute approximate surface area is 390 Å². The number of benzene rings is 8. The quantitative estimate of drug-likeness (QED) is 0.127. The lowest BCUT2D eigenvalue weighted by Gasteiger charge is -2.44. The van der Waals surface area contributed by atoms with Gasteiger partial charge < -0.3 is 23.8 Å². The Morgan fingerprint density at radius 3 is 1.39 bits per heavy atom. The summed E-state index contributed by atoms with van der Waals surface area (Å²) in [5.74, 6) is 2.73. The summed E-state index contributed by atoms with van der Waals surface area (Å²) < 4.78 is 15.8. The van der Waals surface area contributed by atoms with Gasteiger partial charge in [-0.15, -0.1) is 0 Å². The molecule has 3 heterocycles. The average molecular weight is 868 g/mol. The van der Waals surface area contributed by atoms with E-state index >= 15 is 0 Å². The summed E-state index contributed by atoms with van der Waals surface area (Å²) in [4.78, 5) is 4.76. The summed E-state index contributed by atoms with van der Waals surface area (Å²) in [5.41, 5.74) is 11.6. The average Bonchev–Trinajstić information content (AvgIpc) is 3.72. The molecule has 3 unspecified atom stereocenters. The molecule has 0 spiro atoms. The topological polar surface area (TPSA) is 77.4 Å². The van der Waals surface area contributed by atoms with Crippen LogP contribution in [0.3, 0.4) is 0 Å². The molecule has 0 aliphatic carbocycles. The van der Waals surface area contributed by atoms with Crippen molar-refractivity contribution in [3.8, 4) is 35.1 Å². The minimum atomic E-state index is -0.255. The minimum Gasteiger partial charge on any atom is -0.453 e. The molecule has 2 aliphatic rings. The van der Waals surface area contributed by atoms with Crippen LogP contribution >= 0.6 is 0 Å². The van der Waals surface area contributed by atoms with Gasteiger partial charge in [0.2, 0.25) is 0 Å². The van der Waals surface area contributed by atoms with Gasteiger partial charge in [-0.05, 0) is 127 Å². The van der Waals surface area contributed by atoms with Gasteiger partial charge >= 0.3 is 0 Å². The second-order valence-electron chi connectivity index (χ2n) is 17.2. The van der Waals surface area contributed by atoms with Crippen molar-refractivity contribution in [2.24, 2.45) is 5.92 Å². The van der Waals surface area contributed by atoms with E-state index in [1.807, 2.05) is 97.1 Å². The number of allylic oxidation sites excluding steroid dienone is 1. The molecule has 8 aromatic carbocycles. The number of nitriles is 2. The molecule has 11 rings (SSSR count). The molecule has 3 atom stereocenters. The predicted octanol–water partition coefficient (Wildman–Crippen LogP) is 15.5. The van der Waals surface area contributed by atoms with Crippen molar-refractivity contribution in [3.05, 3.63) is 229 Å². The van der Waals surface area contributed by atoms with E-state index in [4.69, 9.17) is 16.1 Å². The number of aromatic nitrogens is 1. The van der Waals surface area contributed by atoms with Gasteiger partial charge in [0.15, 0.2) is 23.0 Å². The molecule has 1 aromatic heterocycles. The molecule has 0 saturated carbocycles. The zero-order valence-electron chi connectivity index (χ0n) is 37.2. The Bertz CT molecular complexity index is 3350. The van der Waals surface area contributed by atoms with Crippen LogP contribution in [0.1, 0.15) is 48.6 Å². The second-order valence-corrected chi connectivity index (χ2v) is 17.2. The van der Waals surface area contributed by atoms with Crippen LogP contribution in [-0.2, 0) is 0 Å². The molecule has 322 valence electrons. The molecule has 0 N–H and O–H groups in total. The van der Waals surface area contributed by atoms with Crippen LogP contribution in [0.2, 0.25) is 0 Å². The SMILES string of the molecule is C=C(/C(=C(/c1ccc(C#N)cc1)C(CC(C)n1c2ccccc2c2ccccc21)C(C)N1c2ccccc2Oc2ccccc21)N1c2ccccc2Oc2ccccc21)c1ccc(C#N)cc1. The van der Waals surface area contributed by atoms with E-state index in [9.17, 15) is 10.5 Å². The Balaban J connectivity index is 1.25. The predicted molar refractivity (Wildman–Crippen MR) is 270 cm³/mol. The third-order valence-corrected chi connectivity index (χ3v) is 13.4. The number of ether oxygens (including phenoxy) is 2. The maximum Gasteiger partial charge on any atom is 0.151 e. The van der Waals surface area contributed by atoms with Crippen molar-refractivity contribution < 1.29 is 9.47 Å². The third kappa shape index (κ3) is 7.06. The summed E-state index contributed by atoms with van der Waals surface area (Å²) in [6.45, 7) is 9.67. The van der Waals surface area contributed by atoms with Crippen LogP contribution in [-0.4, -0.2) is 10.6 Å². The van der Waals surface area contributed by atoms with Crippen LogP contribution in [0.15, 0.2) is 206 Å². The highest BCUT2D eigenvalue weighted by atomic mass is 16.5. The van der Waals surface area contributed by atoms with Gasteiger partial charge in [-0.1, -0.05) is 116 Å². The number of nitrogens with zero attached hydrogens (tertiary/aromatic N) is 5. The first-order valence-corrected chi connectivity index (χ1v) is 22.6. The first kappa shape index (κ1) is 41.0. The molecular formula is C60H45N5O2. The molecule has 7 heteroatoms. The highest BCUT2D eigenvalue weighted by Crippen LogP contribution is 2.55. The summed E-state index contributed by atoms with van der Waals surface area (Å²) in [7, 11) is 0. The van der Waals surface area contributed by atoms with E-state index in [2.05, 4.69) is 137 Å². The van der Waals surface area contributed by atoms with E-state index in [0.717, 1.165) is 62.2 Å². The third-order valence-electron chi connectivity index (χ3n) is 13.4. The lowest BCUT2D eigenvalue weighted by atomic mass is 9.78. The number of anilines is 4. The van der Waals surface area contributed by atoms with Crippen LogP contribution < -0.4 is 19.3 Å². The Kier molecular flexibility index (Phi) is 10.4. The van der Waals surface area contributed by atoms with Gasteiger partial charge in [0.05, 0.1) is 51.7 Å². The lowest BCUT2D eigenvalue weighted by molar-refractivity contribution is 0.403. The first-order valence-electron chi connectivity index (χ1n) is 22.6. The summed E-state index contributed by atoms with van der Waals surface area (Å²) in [6.07, 6.45) is 0.679. The molecule has 0 fully saturated rings. The van der Waals surface area contributed by atoms with Crippen LogP contribution in [0, 0.1) is 28.6 Å². The van der Waals surface area contributed by atoms with Crippen molar-refractivity contribution in [2.75, 3.05) is 9.80 Å². The summed E-state index contributed by atoms with van der Waals surface area (Å²) in [5, 5.41) is 22.5. The summed E-state index contributed by atoms with van der Waals surface area (Å²) in [6, 6.07) is 70.3. The monoisotopic (exact) mass is 867 g/mol. The van der Waals surface area contributed by atoms with Crippen LogP contribution in [0.25, 0.3) is 33.0 Å². The van der Waals surface area contributed by atoms with Gasteiger partial charge in [-0.2, -0.15) is 10.5 Å². The number of hydrogen-bond donors (Lipinski definition) is 0. The molecule has 0 bridgehead atoms. The number of rotatable bonds is 10. The smallest absolute Gasteiger partial charge is 0.151 e. The van der Waals surface area contributed by atoms with Gasteiger partial charge in [0.1, 0.15) is 0 Å². The lowest BCUT2D eigenvalue weighted by Crippen LogP contribution is -2.39. The van der Waals surface area contributed by atoms with Crippen LogP contribution in [0.4, 0.5) is 22.7 Å². The maximum absolute atomic E-state index is 10.2. The van der Waals surface area contributed by atoms with Crippen LogP contribution in [0.5, 0.6) is 23.0 Å². The van der Waals surface area contributed by atoms with E-state index < -0.39 is 0 Å². The fourth-order valence-corrected chi connectivity index (χ4v) is 10.3. The van der Waals surface area contributed by atoms with Crippen molar-refractivity contribution in [1.82, 2.24) is 4.57 Å². The van der Waals surface area contributed by atoms with Gasteiger partial charge in [-0.25, -0.2) is 0 Å². The number of para-hydroxylation sites is 10. The highest BCUT2D eigenvalue weighted by Gasteiger charge is 2.40. The minimum absolute atomic E-state index is 0.0363. The Hall–Kier alpha value is -8.78. The van der Waals surface area contributed by atoms with Crippen molar-refractivity contribution >= 4 is 55.7 Å². The van der Waals surface area contributed by atoms with Crippen molar-refractivity contribution in [1.29, 1.82) is 10.5 Å². The largest absolute Gasteiger partial charge is 0.453 e. The number of hydrogen-bond acceptors (Lipinski definition) is 6. The Morgan fingerprint density at radius 1 is 0.507 bits per heavy atom. The first-order chi connectivity index (χ1) is 32.9. The van der Waals surface area contributed by atoms with Crippen molar-refractivity contribution in [2.45, 2.75) is 32.4 Å². The molecule has 7 nitrogen and oxygen atoms in total. The second kappa shape index (κ2) is 17.0. The van der Waals surface area contributed by atoms with Gasteiger partial charge in [0, 0.05) is 39.8 Å². The molecule has 67 heavy (non-hydrogen) atoms. The molecule has 0 amide bonds. The van der Waals surface area contributed by atoms with E-state index in [-0.39, 0.29) is 18.0 Å². The highest BCUT2D eigenvalue weighted by molar-refractivity contribution is 6.08. The normalized spacial score (nSPS) is 14.1. The molecule has 0 radical (unpaired) electrons. The molecule has 9 aromatic rings. The van der Waals surface area contributed by atoms with Gasteiger partial charge in [-0.3, -0.25) is 0 Å². The van der Waals surface area contributed by atoms with Crippen molar-refractivity contribution in [3.63, 3.8) is 0 Å². The molecule has 0 saturated heterocycles. The van der Waals surface area contributed by atoms with E-state index in [0.29, 0.717) is 29.0 Å². The fraction of sp³-hybridized carbons (Fsp3) is 0.100. The van der Waals surface area contributed by atoms with E-state index in [1.165, 1.54) is 21.8 Å². The van der Waals surface area contributed by atoms with E-state index in [1.54, 1.807) is 0 Å². The fourth-order valence-electron chi connectivity index (χ4n) is 10.3. The zero-order valence-corrected chi connectivity index (χ0v) is 37.2.